The number of halogens is 1. The van der Waals surface area contributed by atoms with E-state index in [0.717, 1.165) is 11.0 Å². The molecule has 0 aromatic heterocycles. The minimum absolute atomic E-state index is 0.0832. The van der Waals surface area contributed by atoms with Gasteiger partial charge in [-0.25, -0.2) is 0 Å². The first-order valence-corrected chi connectivity index (χ1v) is 8.39. The first-order chi connectivity index (χ1) is 13.4. The number of ketones is 1. The molecule has 0 unspecified atom stereocenters. The van der Waals surface area contributed by atoms with Crippen LogP contribution in [0.4, 0.5) is 11.4 Å². The van der Waals surface area contributed by atoms with Gasteiger partial charge in [0.1, 0.15) is 12.3 Å². The molecule has 0 N–H and O–H groups in total. The minimum atomic E-state index is -0.854. The molecule has 0 aliphatic carbocycles. The van der Waals surface area contributed by atoms with Crippen LogP contribution in [0.1, 0.15) is 10.4 Å². The van der Waals surface area contributed by atoms with Crippen LogP contribution in [0.25, 0.3) is 0 Å². The Hall–Kier alpha value is -3.46. The van der Waals surface area contributed by atoms with Crippen LogP contribution >= 0.6 is 11.6 Å². The van der Waals surface area contributed by atoms with Crippen molar-refractivity contribution in [3.8, 4) is 5.75 Å². The number of hydrogen-bond donors (Lipinski definition) is 0. The molecule has 0 bridgehead atoms. The summed E-state index contributed by atoms with van der Waals surface area (Å²) in [6.07, 6.45) is 0. The summed E-state index contributed by atoms with van der Waals surface area (Å²) < 4.78 is 10.2. The lowest BCUT2D eigenvalue weighted by Crippen LogP contribution is -2.42. The number of amides is 1. The van der Waals surface area contributed by atoms with E-state index >= 15 is 0 Å². The zero-order valence-corrected chi connectivity index (χ0v) is 15.0. The van der Waals surface area contributed by atoms with Crippen molar-refractivity contribution in [3.63, 3.8) is 0 Å². The number of carbonyl (C=O) groups is 3. The molecule has 0 atom stereocenters. The number of non-ortho nitro benzene ring substituents is 1. The van der Waals surface area contributed by atoms with Crippen molar-refractivity contribution in [2.45, 2.75) is 0 Å². The molecule has 1 amide bonds. The van der Waals surface area contributed by atoms with Gasteiger partial charge in [-0.1, -0.05) is 23.7 Å². The van der Waals surface area contributed by atoms with Crippen molar-refractivity contribution in [1.82, 2.24) is 0 Å². The SMILES string of the molecule is O=C(CN1C(=O)COc2ccc([N+](=O)[O-])cc21)OCC(=O)c1ccccc1Cl. The zero-order chi connectivity index (χ0) is 20.3. The number of carbonyl (C=O) groups excluding carboxylic acids is 3. The Labute approximate surface area is 163 Å². The van der Waals surface area contributed by atoms with Crippen molar-refractivity contribution in [2.24, 2.45) is 0 Å². The van der Waals surface area contributed by atoms with Gasteiger partial charge in [-0.15, -0.1) is 0 Å². The van der Waals surface area contributed by atoms with E-state index < -0.39 is 35.7 Å². The minimum Gasteiger partial charge on any atom is -0.482 e. The van der Waals surface area contributed by atoms with Crippen molar-refractivity contribution >= 4 is 40.6 Å². The number of rotatable bonds is 6. The van der Waals surface area contributed by atoms with E-state index in [-0.39, 0.29) is 34.3 Å². The molecular weight excluding hydrogens is 392 g/mol. The van der Waals surface area contributed by atoms with Crippen molar-refractivity contribution in [3.05, 3.63) is 63.2 Å². The number of nitrogens with zero attached hydrogens (tertiary/aromatic N) is 2. The number of hydrogen-bond acceptors (Lipinski definition) is 7. The van der Waals surface area contributed by atoms with E-state index in [4.69, 9.17) is 21.1 Å². The molecule has 2 aromatic rings. The van der Waals surface area contributed by atoms with Gasteiger partial charge in [-0.2, -0.15) is 0 Å². The van der Waals surface area contributed by atoms with Gasteiger partial charge < -0.3 is 9.47 Å². The van der Waals surface area contributed by atoms with Gasteiger partial charge in [0, 0.05) is 17.7 Å². The van der Waals surface area contributed by atoms with Gasteiger partial charge in [-0.05, 0) is 18.2 Å². The molecule has 144 valence electrons. The number of fused-ring (bicyclic) bond motifs is 1. The van der Waals surface area contributed by atoms with Gasteiger partial charge in [0.25, 0.3) is 11.6 Å². The summed E-state index contributed by atoms with van der Waals surface area (Å²) in [7, 11) is 0. The molecule has 0 spiro atoms. The summed E-state index contributed by atoms with van der Waals surface area (Å²) in [5, 5.41) is 11.2. The molecule has 1 aliphatic heterocycles. The fraction of sp³-hybridized carbons (Fsp3) is 0.167. The van der Waals surface area contributed by atoms with Gasteiger partial charge in [0.2, 0.25) is 5.78 Å². The Kier molecular flexibility index (Phi) is 5.55. The lowest BCUT2D eigenvalue weighted by Gasteiger charge is -2.28. The highest BCUT2D eigenvalue weighted by molar-refractivity contribution is 6.34. The molecule has 9 nitrogen and oxygen atoms in total. The molecule has 1 heterocycles. The molecule has 2 aromatic carbocycles. The average Bonchev–Trinajstić information content (AvgIpc) is 2.68. The maximum atomic E-state index is 12.1. The molecule has 1 aliphatic rings. The first-order valence-electron chi connectivity index (χ1n) is 8.02. The van der Waals surface area contributed by atoms with Crippen LogP contribution in [-0.2, 0) is 14.3 Å². The Morgan fingerprint density at radius 1 is 1.25 bits per heavy atom. The third-order valence-electron chi connectivity index (χ3n) is 3.92. The molecule has 0 saturated carbocycles. The van der Waals surface area contributed by atoms with E-state index in [1.807, 2.05) is 0 Å². The van der Waals surface area contributed by atoms with Gasteiger partial charge >= 0.3 is 5.97 Å². The third kappa shape index (κ3) is 4.09. The quantitative estimate of drug-likeness (QED) is 0.314. The summed E-state index contributed by atoms with van der Waals surface area (Å²) >= 11 is 5.92. The molecule has 0 saturated heterocycles. The predicted molar refractivity (Wildman–Crippen MR) is 97.7 cm³/mol. The predicted octanol–water partition coefficient (Wildman–Crippen LogP) is 2.40. The number of anilines is 1. The second-order valence-corrected chi connectivity index (χ2v) is 6.15. The molecule has 10 heteroatoms. The largest absolute Gasteiger partial charge is 0.482 e. The molecule has 28 heavy (non-hydrogen) atoms. The van der Waals surface area contributed by atoms with E-state index in [2.05, 4.69) is 0 Å². The maximum absolute atomic E-state index is 12.1. The fourth-order valence-electron chi connectivity index (χ4n) is 2.56. The zero-order valence-electron chi connectivity index (χ0n) is 14.3. The second kappa shape index (κ2) is 8.05. The Bertz CT molecular complexity index is 976. The van der Waals surface area contributed by atoms with Crippen molar-refractivity contribution in [1.29, 1.82) is 0 Å². The highest BCUT2D eigenvalue weighted by Gasteiger charge is 2.30. The van der Waals surface area contributed by atoms with Crippen LogP contribution in [-0.4, -0.2) is 42.3 Å². The second-order valence-electron chi connectivity index (χ2n) is 5.74. The molecular formula is C18H13ClN2O7. The lowest BCUT2D eigenvalue weighted by atomic mass is 10.1. The lowest BCUT2D eigenvalue weighted by molar-refractivity contribution is -0.384. The maximum Gasteiger partial charge on any atom is 0.326 e. The summed E-state index contributed by atoms with van der Waals surface area (Å²) in [6.45, 7) is -1.40. The van der Waals surface area contributed by atoms with Crippen LogP contribution in [0.15, 0.2) is 42.5 Å². The summed E-state index contributed by atoms with van der Waals surface area (Å²) in [5.41, 5.74) is 0.0320. The van der Waals surface area contributed by atoms with Crippen LogP contribution in [0, 0.1) is 10.1 Å². The number of Topliss-reactive ketones (excluding diaryl/α,β-unsaturated/α-hetero) is 1. The summed E-state index contributed by atoms with van der Waals surface area (Å²) in [4.78, 5) is 47.7. The number of ether oxygens (including phenoxy) is 2. The highest BCUT2D eigenvalue weighted by atomic mass is 35.5. The van der Waals surface area contributed by atoms with Crippen LogP contribution in [0.5, 0.6) is 5.75 Å². The number of nitro benzene ring substituents is 1. The average molecular weight is 405 g/mol. The van der Waals surface area contributed by atoms with Gasteiger partial charge in [0.15, 0.2) is 13.2 Å². The van der Waals surface area contributed by atoms with Crippen molar-refractivity contribution < 1.29 is 28.8 Å². The first kappa shape index (κ1) is 19.3. The number of esters is 1. The van der Waals surface area contributed by atoms with Gasteiger partial charge in [0.05, 0.1) is 15.6 Å². The molecule has 0 fully saturated rings. The van der Waals surface area contributed by atoms with E-state index in [1.165, 1.54) is 24.3 Å². The standard InChI is InChI=1S/C18H13ClN2O7/c19-13-4-2-1-3-12(13)15(22)9-28-18(24)8-20-14-7-11(21(25)26)5-6-16(14)27-10-17(20)23/h1-7H,8-10H2. The highest BCUT2D eigenvalue weighted by Crippen LogP contribution is 2.35. The van der Waals surface area contributed by atoms with E-state index in [9.17, 15) is 24.5 Å². The van der Waals surface area contributed by atoms with Gasteiger partial charge in [-0.3, -0.25) is 29.4 Å². The Morgan fingerprint density at radius 3 is 2.71 bits per heavy atom. The van der Waals surface area contributed by atoms with Crippen LogP contribution in [0.3, 0.4) is 0 Å². The third-order valence-corrected chi connectivity index (χ3v) is 4.25. The summed E-state index contributed by atoms with van der Waals surface area (Å²) in [5.74, 6) is -1.69. The fourth-order valence-corrected chi connectivity index (χ4v) is 2.80. The van der Waals surface area contributed by atoms with Crippen molar-refractivity contribution in [2.75, 3.05) is 24.7 Å². The summed E-state index contributed by atoms with van der Waals surface area (Å²) in [6, 6.07) is 10.0. The van der Waals surface area contributed by atoms with Crippen LogP contribution < -0.4 is 9.64 Å². The molecule has 0 radical (unpaired) electrons. The van der Waals surface area contributed by atoms with E-state index in [1.54, 1.807) is 12.1 Å². The smallest absolute Gasteiger partial charge is 0.326 e. The topological polar surface area (TPSA) is 116 Å². The number of nitro groups is 1. The monoisotopic (exact) mass is 404 g/mol. The number of benzene rings is 2. The Morgan fingerprint density at radius 2 is 2.00 bits per heavy atom. The Balaban J connectivity index is 1.69. The van der Waals surface area contributed by atoms with Crippen LogP contribution in [0.2, 0.25) is 5.02 Å². The van der Waals surface area contributed by atoms with E-state index in [0.29, 0.717) is 0 Å². The normalized spacial score (nSPS) is 12.8. The molecule has 3 rings (SSSR count).